The van der Waals surface area contributed by atoms with Gasteiger partial charge in [-0.3, -0.25) is 19.6 Å². The molecule has 0 unspecified atom stereocenters. The summed E-state index contributed by atoms with van der Waals surface area (Å²) in [5.41, 5.74) is 16.9. The second kappa shape index (κ2) is 31.7. The predicted octanol–water partition coefficient (Wildman–Crippen LogP) is 8.52. The van der Waals surface area contributed by atoms with Gasteiger partial charge >= 0.3 is 11.9 Å². The van der Waals surface area contributed by atoms with E-state index >= 15 is 0 Å². The lowest BCUT2D eigenvalue weighted by Crippen LogP contribution is -2.41. The molecule has 460 valence electrons. The minimum Gasteiger partial charge on any atom is -0.487 e. The van der Waals surface area contributed by atoms with Crippen LogP contribution in [0.5, 0.6) is 11.5 Å². The molecule has 2 aromatic rings. The van der Waals surface area contributed by atoms with Gasteiger partial charge in [0.1, 0.15) is 34.8 Å². The molecule has 2 aliphatic rings. The van der Waals surface area contributed by atoms with Crippen LogP contribution in [0.25, 0.3) is 0 Å². The molecule has 0 fully saturated rings. The van der Waals surface area contributed by atoms with Crippen LogP contribution in [0.1, 0.15) is 201 Å². The van der Waals surface area contributed by atoms with Crippen molar-refractivity contribution in [3.05, 3.63) is 56.7 Å². The molecule has 0 aromatic heterocycles. The Morgan fingerprint density at radius 1 is 0.524 bits per heavy atom. The molecule has 8 N–H and O–H groups in total. The summed E-state index contributed by atoms with van der Waals surface area (Å²) in [6.07, 6.45) is 21.4. The Morgan fingerprint density at radius 3 is 1.20 bits per heavy atom. The van der Waals surface area contributed by atoms with E-state index in [9.17, 15) is 36.0 Å². The number of aliphatic imine (C=N–C) groups is 2. The van der Waals surface area contributed by atoms with Crippen molar-refractivity contribution in [3.63, 3.8) is 0 Å². The number of hydrogen-bond donors (Lipinski definition) is 6. The molecular formula is C60H96N8O12S2. The topological polar surface area (TPSA) is 298 Å². The Labute approximate surface area is 489 Å². The van der Waals surface area contributed by atoms with Crippen LogP contribution in [-0.2, 0) is 61.5 Å². The van der Waals surface area contributed by atoms with Crippen LogP contribution in [0.3, 0.4) is 0 Å². The molecule has 0 bridgehead atoms. The van der Waals surface area contributed by atoms with Crippen molar-refractivity contribution in [1.82, 2.24) is 20.1 Å². The number of nitrogens with two attached hydrogens (primary N) is 2. The van der Waals surface area contributed by atoms with Crippen LogP contribution >= 0.6 is 0 Å². The van der Waals surface area contributed by atoms with Crippen molar-refractivity contribution in [2.75, 3.05) is 27.3 Å². The maximum absolute atomic E-state index is 13.5. The lowest BCUT2D eigenvalue weighted by molar-refractivity contribution is -0.145. The quantitative estimate of drug-likeness (QED) is 0.0126. The largest absolute Gasteiger partial charge is 0.487 e. The molecule has 0 aliphatic carbocycles. The highest BCUT2D eigenvalue weighted by molar-refractivity contribution is 7.90. The van der Waals surface area contributed by atoms with Crippen molar-refractivity contribution in [2.45, 2.75) is 244 Å². The highest BCUT2D eigenvalue weighted by Crippen LogP contribution is 2.45. The molecule has 2 heterocycles. The summed E-state index contributed by atoms with van der Waals surface area (Å²) in [5.74, 6) is -0.645. The van der Waals surface area contributed by atoms with Gasteiger partial charge in [-0.15, -0.1) is 0 Å². The number of ether oxygens (including phenoxy) is 4. The third-order valence-electron chi connectivity index (χ3n) is 15.3. The van der Waals surface area contributed by atoms with E-state index in [-0.39, 0.29) is 59.5 Å². The fraction of sp³-hybridized carbons (Fsp3) is 0.667. The highest BCUT2D eigenvalue weighted by atomic mass is 32.2. The predicted molar refractivity (Wildman–Crippen MR) is 321 cm³/mol. The number of fused-ring (bicyclic) bond motifs is 2. The van der Waals surface area contributed by atoms with Gasteiger partial charge in [0, 0.05) is 49.9 Å². The van der Waals surface area contributed by atoms with Gasteiger partial charge in [-0.25, -0.2) is 35.9 Å². The summed E-state index contributed by atoms with van der Waals surface area (Å²) in [6, 6.07) is -1.71. The standard InChI is InChI=1S/C60H96N8O12S2/c1-39-41(3)53(43(5)45-37-59(7,8)79-51(39)45)81(73,74)67-57(61)63-35-29-31-47(55(71)77-11)65-49(69)33-27-25-23-21-19-17-15-13-14-16-18-20-22-24-26-28-34-50(70)66-48(56(72)78-12)32-30-36-64-58(62)68-82(75,76)54-42(4)40(2)52-46(44(54)6)38-60(9,10)80-52/h13-14,47-48H,15-38H2,1-12H3,(H,65,69)(H,66,70)(H3,61,63,67)(H3,62,64,68)/b14-13+/t47-,48-/m0/s1. The Morgan fingerprint density at radius 2 is 0.854 bits per heavy atom. The molecule has 2 aromatic carbocycles. The highest BCUT2D eigenvalue weighted by Gasteiger charge is 2.38. The maximum Gasteiger partial charge on any atom is 0.328 e. The molecule has 2 atom stereocenters. The second-order valence-electron chi connectivity index (χ2n) is 23.2. The molecule has 4 rings (SSSR count). The van der Waals surface area contributed by atoms with Gasteiger partial charge in [0.15, 0.2) is 0 Å². The number of methoxy groups -OCH3 is 2. The number of nitrogens with one attached hydrogen (secondary N) is 4. The van der Waals surface area contributed by atoms with Crippen LogP contribution in [-0.4, -0.2) is 103 Å². The van der Waals surface area contributed by atoms with Crippen LogP contribution in [0.2, 0.25) is 0 Å². The zero-order valence-electron chi connectivity index (χ0n) is 51.0. The molecule has 0 spiro atoms. The summed E-state index contributed by atoms with van der Waals surface area (Å²) >= 11 is 0. The molecule has 2 aliphatic heterocycles. The molecular weight excluding hydrogens is 1090 g/mol. The zero-order valence-corrected chi connectivity index (χ0v) is 52.7. The van der Waals surface area contributed by atoms with Gasteiger partial charge < -0.3 is 41.0 Å². The first-order valence-electron chi connectivity index (χ1n) is 29.2. The minimum atomic E-state index is -4.05. The minimum absolute atomic E-state index is 0.127. The van der Waals surface area contributed by atoms with Crippen molar-refractivity contribution < 1.29 is 55.0 Å². The Bertz CT molecular complexity index is 2690. The van der Waals surface area contributed by atoms with Crippen molar-refractivity contribution in [2.24, 2.45) is 21.5 Å². The molecule has 0 saturated carbocycles. The van der Waals surface area contributed by atoms with Gasteiger partial charge in [0.25, 0.3) is 20.0 Å². The number of amides is 2. The van der Waals surface area contributed by atoms with Gasteiger partial charge in [-0.05, 0) is 167 Å². The molecule has 2 amide bonds. The first-order chi connectivity index (χ1) is 38.6. The number of esters is 2. The average molecular weight is 1190 g/mol. The lowest BCUT2D eigenvalue weighted by Gasteiger charge is -2.19. The van der Waals surface area contributed by atoms with E-state index in [4.69, 9.17) is 30.4 Å². The summed E-state index contributed by atoms with van der Waals surface area (Å²) in [6.45, 7) is 18.9. The number of unbranched alkanes of at least 4 members (excludes halogenated alkanes) is 12. The molecule has 0 saturated heterocycles. The first-order valence-corrected chi connectivity index (χ1v) is 32.2. The number of rotatable bonds is 34. The summed E-state index contributed by atoms with van der Waals surface area (Å²) in [5, 5.41) is 5.56. The van der Waals surface area contributed by atoms with E-state index in [1.165, 1.54) is 14.2 Å². The fourth-order valence-corrected chi connectivity index (χ4v) is 13.8. The lowest BCUT2D eigenvalue weighted by atomic mass is 9.94. The second-order valence-corrected chi connectivity index (χ2v) is 26.4. The zero-order chi connectivity index (χ0) is 61.0. The Kier molecular flexibility index (Phi) is 26.5. The number of benzene rings is 2. The molecule has 0 radical (unpaired) electrons. The first kappa shape index (κ1) is 68.6. The fourth-order valence-electron chi connectivity index (χ4n) is 10.8. The van der Waals surface area contributed by atoms with E-state index in [1.54, 1.807) is 27.7 Å². The summed E-state index contributed by atoms with van der Waals surface area (Å²) in [7, 11) is -5.57. The number of hydrogen-bond acceptors (Lipinski definition) is 14. The van der Waals surface area contributed by atoms with Gasteiger partial charge in [-0.2, -0.15) is 0 Å². The number of guanidine groups is 2. The summed E-state index contributed by atoms with van der Waals surface area (Å²) in [4.78, 5) is 59.2. The smallest absolute Gasteiger partial charge is 0.328 e. The Balaban J connectivity index is 0.996. The monoisotopic (exact) mass is 1180 g/mol. The Hall–Kier alpha value is -5.90. The third kappa shape index (κ3) is 20.5. The molecule has 22 heteroatoms. The van der Waals surface area contributed by atoms with E-state index in [1.807, 2.05) is 41.5 Å². The van der Waals surface area contributed by atoms with Gasteiger partial charge in [-0.1, -0.05) is 63.5 Å². The molecule has 82 heavy (non-hydrogen) atoms. The van der Waals surface area contributed by atoms with Crippen LogP contribution < -0.4 is 41.0 Å². The van der Waals surface area contributed by atoms with E-state index in [0.29, 0.717) is 73.6 Å². The van der Waals surface area contributed by atoms with E-state index in [2.05, 4.69) is 42.2 Å². The van der Waals surface area contributed by atoms with Gasteiger partial charge in [0.2, 0.25) is 23.7 Å². The van der Waals surface area contributed by atoms with E-state index < -0.39 is 55.3 Å². The maximum atomic E-state index is 13.5. The van der Waals surface area contributed by atoms with Crippen LogP contribution in [0, 0.1) is 41.5 Å². The number of sulfonamides is 2. The van der Waals surface area contributed by atoms with Crippen LogP contribution in [0.4, 0.5) is 0 Å². The number of carbonyl (C=O) groups excluding carboxylic acids is 4. The number of nitrogens with zero attached hydrogens (tertiary/aromatic N) is 2. The van der Waals surface area contributed by atoms with Crippen molar-refractivity contribution in [1.29, 1.82) is 0 Å². The normalized spacial score (nSPS) is 15.5. The van der Waals surface area contributed by atoms with Gasteiger partial charge in [0.05, 0.1) is 24.0 Å². The summed E-state index contributed by atoms with van der Waals surface area (Å²) < 4.78 is 81.0. The van der Waals surface area contributed by atoms with Crippen molar-refractivity contribution >= 4 is 55.7 Å². The third-order valence-corrected chi connectivity index (χ3v) is 18.6. The number of carbonyl (C=O) groups is 4. The SMILES string of the molecule is COC(=O)[C@H](CCCN=C(N)NS(=O)(=O)c1c(C)c(C)c2c(c1C)CC(C)(C)O2)NC(=O)CCCCCCCC/C=C/CCCCCCCCC(=O)N[C@@H](CCCN=C(N)NS(=O)(=O)c1c(C)c(C)c2c(c1C)CC(C)(C)O2)C(=O)OC. The number of allylic oxidation sites excluding steroid dienone is 2. The average Bonchev–Trinajstić information content (AvgIpc) is 3.39. The van der Waals surface area contributed by atoms with E-state index in [0.717, 1.165) is 111 Å². The van der Waals surface area contributed by atoms with Crippen LogP contribution in [0.15, 0.2) is 31.9 Å². The molecule has 20 nitrogen and oxygen atoms in total. The van der Waals surface area contributed by atoms with Crippen molar-refractivity contribution in [3.8, 4) is 11.5 Å².